The zero-order valence-corrected chi connectivity index (χ0v) is 9.77. The molecule has 94 valence electrons. The van der Waals surface area contributed by atoms with Gasteiger partial charge in [0.25, 0.3) is 0 Å². The van der Waals surface area contributed by atoms with E-state index in [2.05, 4.69) is 0 Å². The summed E-state index contributed by atoms with van der Waals surface area (Å²) in [6.45, 7) is 3.81. The van der Waals surface area contributed by atoms with Crippen molar-refractivity contribution in [3.8, 4) is 5.75 Å². The molecule has 0 spiro atoms. The lowest BCUT2D eigenvalue weighted by Gasteiger charge is -2.22. The Bertz CT molecular complexity index is 421. The first-order chi connectivity index (χ1) is 7.85. The number of halogens is 1. The van der Waals surface area contributed by atoms with Crippen LogP contribution >= 0.6 is 0 Å². The molecule has 0 bridgehead atoms. The van der Waals surface area contributed by atoms with Crippen LogP contribution in [0.5, 0.6) is 5.75 Å². The van der Waals surface area contributed by atoms with Crippen molar-refractivity contribution in [2.24, 2.45) is 5.73 Å². The van der Waals surface area contributed by atoms with Crippen molar-refractivity contribution in [3.63, 3.8) is 0 Å². The maximum atomic E-state index is 12.9. The fraction of sp³-hybridized carbons (Fsp3) is 0.455. The SMILES string of the molecule is CCC(C)(N)COc1ccc(F)cc1[N+](=O)[O-]. The van der Waals surface area contributed by atoms with Crippen LogP contribution < -0.4 is 10.5 Å². The highest BCUT2D eigenvalue weighted by Crippen LogP contribution is 2.28. The fourth-order valence-electron chi connectivity index (χ4n) is 1.10. The number of ether oxygens (including phenoxy) is 1. The number of hydrogen-bond acceptors (Lipinski definition) is 4. The van der Waals surface area contributed by atoms with Crippen LogP contribution in [0.2, 0.25) is 0 Å². The molecule has 1 aromatic carbocycles. The van der Waals surface area contributed by atoms with Crippen molar-refractivity contribution >= 4 is 5.69 Å². The maximum Gasteiger partial charge on any atom is 0.313 e. The summed E-state index contributed by atoms with van der Waals surface area (Å²) in [5, 5.41) is 10.7. The van der Waals surface area contributed by atoms with E-state index < -0.39 is 22.0 Å². The summed E-state index contributed by atoms with van der Waals surface area (Å²) >= 11 is 0. The summed E-state index contributed by atoms with van der Waals surface area (Å²) in [4.78, 5) is 10.0. The predicted octanol–water partition coefficient (Wildman–Crippen LogP) is 2.24. The molecule has 0 fully saturated rings. The largest absolute Gasteiger partial charge is 0.485 e. The highest BCUT2D eigenvalue weighted by Gasteiger charge is 2.21. The van der Waals surface area contributed by atoms with E-state index in [0.717, 1.165) is 12.1 Å². The molecule has 0 saturated heterocycles. The van der Waals surface area contributed by atoms with E-state index in [-0.39, 0.29) is 12.4 Å². The molecule has 1 rings (SSSR count). The minimum atomic E-state index is -0.682. The molecule has 0 radical (unpaired) electrons. The third-order valence-corrected chi connectivity index (χ3v) is 2.48. The molecule has 0 aliphatic carbocycles. The van der Waals surface area contributed by atoms with Crippen molar-refractivity contribution in [3.05, 3.63) is 34.1 Å². The Balaban J connectivity index is 2.88. The van der Waals surface area contributed by atoms with E-state index in [9.17, 15) is 14.5 Å². The van der Waals surface area contributed by atoms with Crippen LogP contribution in [0, 0.1) is 15.9 Å². The molecule has 0 aliphatic rings. The predicted molar refractivity (Wildman–Crippen MR) is 61.4 cm³/mol. The Hall–Kier alpha value is -1.69. The second-order valence-electron chi connectivity index (χ2n) is 4.17. The monoisotopic (exact) mass is 242 g/mol. The third-order valence-electron chi connectivity index (χ3n) is 2.48. The molecule has 5 nitrogen and oxygen atoms in total. The second kappa shape index (κ2) is 5.09. The van der Waals surface area contributed by atoms with Crippen LogP contribution in [-0.4, -0.2) is 17.1 Å². The average molecular weight is 242 g/mol. The summed E-state index contributed by atoms with van der Waals surface area (Å²) in [5.74, 6) is -0.642. The van der Waals surface area contributed by atoms with E-state index in [4.69, 9.17) is 10.5 Å². The van der Waals surface area contributed by atoms with Gasteiger partial charge in [0, 0.05) is 5.54 Å². The first kappa shape index (κ1) is 13.4. The van der Waals surface area contributed by atoms with Crippen molar-refractivity contribution in [2.45, 2.75) is 25.8 Å². The lowest BCUT2D eigenvalue weighted by molar-refractivity contribution is -0.386. The van der Waals surface area contributed by atoms with E-state index >= 15 is 0 Å². The lowest BCUT2D eigenvalue weighted by atomic mass is 10.0. The van der Waals surface area contributed by atoms with Gasteiger partial charge >= 0.3 is 5.69 Å². The molecular weight excluding hydrogens is 227 g/mol. The number of nitro groups is 1. The van der Waals surface area contributed by atoms with Crippen LogP contribution in [0.3, 0.4) is 0 Å². The number of rotatable bonds is 5. The first-order valence-corrected chi connectivity index (χ1v) is 5.21. The Labute approximate surface area is 98.5 Å². The Kier molecular flexibility index (Phi) is 4.01. The zero-order chi connectivity index (χ0) is 13.1. The Morgan fingerprint density at radius 1 is 1.59 bits per heavy atom. The molecule has 2 N–H and O–H groups in total. The van der Waals surface area contributed by atoms with E-state index in [1.165, 1.54) is 6.07 Å². The van der Waals surface area contributed by atoms with Gasteiger partial charge in [-0.05, 0) is 25.5 Å². The van der Waals surface area contributed by atoms with E-state index in [1.807, 2.05) is 6.92 Å². The van der Waals surface area contributed by atoms with Gasteiger partial charge in [-0.15, -0.1) is 0 Å². The Morgan fingerprint density at radius 3 is 2.76 bits per heavy atom. The minimum Gasteiger partial charge on any atom is -0.485 e. The van der Waals surface area contributed by atoms with Gasteiger partial charge in [-0.25, -0.2) is 4.39 Å². The van der Waals surface area contributed by atoms with Crippen LogP contribution in [-0.2, 0) is 0 Å². The maximum absolute atomic E-state index is 12.9. The van der Waals surface area contributed by atoms with Gasteiger partial charge in [0.2, 0.25) is 0 Å². The fourth-order valence-corrected chi connectivity index (χ4v) is 1.10. The lowest BCUT2D eigenvalue weighted by Crippen LogP contribution is -2.41. The number of nitrogens with two attached hydrogens (primary N) is 1. The molecule has 1 unspecified atom stereocenters. The van der Waals surface area contributed by atoms with Gasteiger partial charge in [0.05, 0.1) is 11.0 Å². The topological polar surface area (TPSA) is 78.4 Å². The van der Waals surface area contributed by atoms with E-state index in [0.29, 0.717) is 6.42 Å². The molecular formula is C11H15FN2O3. The zero-order valence-electron chi connectivity index (χ0n) is 9.77. The molecule has 0 saturated carbocycles. The highest BCUT2D eigenvalue weighted by molar-refractivity contribution is 5.46. The van der Waals surface area contributed by atoms with Crippen molar-refractivity contribution in [1.82, 2.24) is 0 Å². The van der Waals surface area contributed by atoms with Crippen molar-refractivity contribution in [2.75, 3.05) is 6.61 Å². The van der Waals surface area contributed by atoms with Gasteiger partial charge in [-0.2, -0.15) is 0 Å². The van der Waals surface area contributed by atoms with Gasteiger partial charge in [0.1, 0.15) is 12.4 Å². The molecule has 17 heavy (non-hydrogen) atoms. The van der Waals surface area contributed by atoms with Crippen molar-refractivity contribution in [1.29, 1.82) is 0 Å². The van der Waals surface area contributed by atoms with Gasteiger partial charge in [0.15, 0.2) is 5.75 Å². The summed E-state index contributed by atoms with van der Waals surface area (Å²) in [6, 6.07) is 3.18. The van der Waals surface area contributed by atoms with Gasteiger partial charge < -0.3 is 10.5 Å². The molecule has 0 aromatic heterocycles. The average Bonchev–Trinajstić information content (AvgIpc) is 2.27. The number of nitro benzene ring substituents is 1. The van der Waals surface area contributed by atoms with E-state index in [1.54, 1.807) is 6.92 Å². The highest BCUT2D eigenvalue weighted by atomic mass is 19.1. The normalized spacial score (nSPS) is 14.1. The minimum absolute atomic E-state index is 0.0292. The van der Waals surface area contributed by atoms with Crippen LogP contribution in [0.1, 0.15) is 20.3 Å². The number of benzene rings is 1. The molecule has 0 amide bonds. The summed E-state index contributed by atoms with van der Waals surface area (Å²) in [7, 11) is 0. The first-order valence-electron chi connectivity index (χ1n) is 5.21. The summed E-state index contributed by atoms with van der Waals surface area (Å²) < 4.78 is 18.1. The molecule has 0 heterocycles. The van der Waals surface area contributed by atoms with Crippen molar-refractivity contribution < 1.29 is 14.1 Å². The Morgan fingerprint density at radius 2 is 2.24 bits per heavy atom. The van der Waals surface area contributed by atoms with Crippen LogP contribution in [0.4, 0.5) is 10.1 Å². The molecule has 6 heteroatoms. The standard InChI is InChI=1S/C11H15FN2O3/c1-3-11(2,13)7-17-10-5-4-8(12)6-9(10)14(15)16/h4-6H,3,7,13H2,1-2H3. The number of nitrogens with zero attached hydrogens (tertiary/aromatic N) is 1. The van der Waals surface area contributed by atoms with Crippen LogP contribution in [0.15, 0.2) is 18.2 Å². The molecule has 0 aliphatic heterocycles. The molecule has 1 atom stereocenters. The van der Waals surface area contributed by atoms with Gasteiger partial charge in [-0.1, -0.05) is 6.92 Å². The van der Waals surface area contributed by atoms with Crippen LogP contribution in [0.25, 0.3) is 0 Å². The smallest absolute Gasteiger partial charge is 0.313 e. The second-order valence-corrected chi connectivity index (χ2v) is 4.17. The summed E-state index contributed by atoms with van der Waals surface area (Å²) in [6.07, 6.45) is 0.669. The third kappa shape index (κ3) is 3.67. The number of hydrogen-bond donors (Lipinski definition) is 1. The molecule has 1 aromatic rings. The van der Waals surface area contributed by atoms with Gasteiger partial charge in [-0.3, -0.25) is 10.1 Å². The quantitative estimate of drug-likeness (QED) is 0.634. The summed E-state index contributed by atoms with van der Waals surface area (Å²) in [5.41, 5.74) is 4.89.